The highest BCUT2D eigenvalue weighted by Crippen LogP contribution is 2.57. The summed E-state index contributed by atoms with van der Waals surface area (Å²) >= 11 is 0. The molecule has 3 heteroatoms. The fourth-order valence-corrected chi connectivity index (χ4v) is 7.91. The summed E-state index contributed by atoms with van der Waals surface area (Å²) in [6, 6.07) is 0. The Bertz CT molecular complexity index is 373. The maximum absolute atomic E-state index is 3.42. The van der Waals surface area contributed by atoms with Crippen LogP contribution in [0.1, 0.15) is 57.2 Å². The molecule has 2 aliphatic carbocycles. The lowest BCUT2D eigenvalue weighted by Gasteiger charge is -2.29. The monoisotopic (exact) mass is 279 g/mol. The summed E-state index contributed by atoms with van der Waals surface area (Å²) in [5, 5.41) is 0. The van der Waals surface area contributed by atoms with E-state index < -0.39 is 0 Å². The van der Waals surface area contributed by atoms with Gasteiger partial charge in [-0.15, -0.1) is 0 Å². The number of imidazole rings is 1. The van der Waals surface area contributed by atoms with Gasteiger partial charge in [0.25, 0.3) is 5.82 Å². The van der Waals surface area contributed by atoms with Crippen molar-refractivity contribution >= 4 is 7.92 Å². The third-order valence-corrected chi connectivity index (χ3v) is 8.82. The Kier molecular flexibility index (Phi) is 4.58. The Labute approximate surface area is 118 Å². The molecule has 0 atom stereocenters. The number of hydrogen-bond donors (Lipinski definition) is 1. The molecule has 0 aliphatic heterocycles. The molecule has 2 aliphatic rings. The van der Waals surface area contributed by atoms with Gasteiger partial charge in [0.2, 0.25) is 0 Å². The number of rotatable bonds is 5. The zero-order chi connectivity index (χ0) is 13.1. The first-order valence-electron chi connectivity index (χ1n) is 8.12. The summed E-state index contributed by atoms with van der Waals surface area (Å²) in [5.41, 5.74) is 2.22. The Morgan fingerprint density at radius 2 is 1.68 bits per heavy atom. The predicted octanol–water partition coefficient (Wildman–Crippen LogP) is 3.75. The molecule has 1 aromatic rings. The van der Waals surface area contributed by atoms with Crippen molar-refractivity contribution in [2.45, 2.75) is 69.1 Å². The molecular weight excluding hydrogens is 251 g/mol. The van der Waals surface area contributed by atoms with Crippen molar-refractivity contribution in [1.82, 2.24) is 4.98 Å². The highest BCUT2D eigenvalue weighted by molar-refractivity contribution is 7.59. The molecule has 0 bridgehead atoms. The minimum absolute atomic E-state index is 0.287. The lowest BCUT2D eigenvalue weighted by Crippen LogP contribution is -2.31. The van der Waals surface area contributed by atoms with Crippen molar-refractivity contribution in [1.29, 1.82) is 0 Å². The second-order valence-electron chi connectivity index (χ2n) is 6.38. The van der Waals surface area contributed by atoms with E-state index in [-0.39, 0.29) is 7.92 Å². The summed E-state index contributed by atoms with van der Waals surface area (Å²) in [6.07, 6.45) is 19.1. The largest absolute Gasteiger partial charge is 0.254 e. The van der Waals surface area contributed by atoms with Gasteiger partial charge >= 0.3 is 0 Å². The summed E-state index contributed by atoms with van der Waals surface area (Å²) in [7, 11) is 2.45. The van der Waals surface area contributed by atoms with E-state index in [0.29, 0.717) is 0 Å². The van der Waals surface area contributed by atoms with Crippen LogP contribution in [0.5, 0.6) is 0 Å². The van der Waals surface area contributed by atoms with Gasteiger partial charge in [0.1, 0.15) is 12.4 Å². The van der Waals surface area contributed by atoms with Crippen LogP contribution in [-0.2, 0) is 13.5 Å². The second kappa shape index (κ2) is 6.39. The Morgan fingerprint density at radius 1 is 1.11 bits per heavy atom. The molecule has 0 radical (unpaired) electrons. The number of nitrogens with one attached hydrogen (secondary N) is 1. The van der Waals surface area contributed by atoms with Gasteiger partial charge in [-0.3, -0.25) is 0 Å². The quantitative estimate of drug-likeness (QED) is 0.625. The molecule has 2 nitrogen and oxygen atoms in total. The number of aromatic amines is 1. The van der Waals surface area contributed by atoms with Gasteiger partial charge in [0.05, 0.1) is 13.5 Å². The van der Waals surface area contributed by atoms with E-state index >= 15 is 0 Å². The standard InChI is InChI=1S/C16H27N2P/c1-18-12-11-17-16(18)10-13-19(14-6-2-3-7-14)15-8-4-5-9-15/h11-12,14-15H,2-10,13H2,1H3/p+1. The van der Waals surface area contributed by atoms with E-state index in [4.69, 9.17) is 0 Å². The molecule has 0 spiro atoms. The van der Waals surface area contributed by atoms with Crippen LogP contribution >= 0.6 is 7.92 Å². The molecule has 106 valence electrons. The van der Waals surface area contributed by atoms with Crippen LogP contribution in [0.4, 0.5) is 0 Å². The summed E-state index contributed by atoms with van der Waals surface area (Å²) in [4.78, 5) is 3.42. The third-order valence-electron chi connectivity index (χ3n) is 5.17. The van der Waals surface area contributed by atoms with Gasteiger partial charge in [-0.05, 0) is 43.2 Å². The second-order valence-corrected chi connectivity index (χ2v) is 9.32. The normalized spacial score (nSPS) is 21.8. The highest BCUT2D eigenvalue weighted by Gasteiger charge is 2.32. The van der Waals surface area contributed by atoms with Crippen LogP contribution in [-0.4, -0.2) is 22.5 Å². The van der Waals surface area contributed by atoms with Gasteiger partial charge in [0, 0.05) is 0 Å². The molecule has 0 amide bonds. The average molecular weight is 279 g/mol. The van der Waals surface area contributed by atoms with Gasteiger partial charge in [-0.1, -0.05) is 33.6 Å². The van der Waals surface area contributed by atoms with Crippen molar-refractivity contribution in [2.75, 3.05) is 6.16 Å². The van der Waals surface area contributed by atoms with E-state index in [9.17, 15) is 0 Å². The van der Waals surface area contributed by atoms with Crippen LogP contribution in [0.25, 0.3) is 0 Å². The van der Waals surface area contributed by atoms with Gasteiger partial charge in [-0.2, -0.15) is 0 Å². The lowest BCUT2D eigenvalue weighted by atomic mass is 10.3. The fourth-order valence-electron chi connectivity index (χ4n) is 4.06. The molecule has 0 saturated heterocycles. The smallest absolute Gasteiger partial charge is 0.248 e. The summed E-state index contributed by atoms with van der Waals surface area (Å²) in [5.74, 6) is 1.42. The minimum atomic E-state index is 0.287. The van der Waals surface area contributed by atoms with Crippen molar-refractivity contribution < 1.29 is 4.57 Å². The third kappa shape index (κ3) is 3.21. The zero-order valence-electron chi connectivity index (χ0n) is 12.3. The van der Waals surface area contributed by atoms with Gasteiger partial charge in [0.15, 0.2) is 0 Å². The van der Waals surface area contributed by atoms with E-state index in [0.717, 1.165) is 11.3 Å². The zero-order valence-corrected chi connectivity index (χ0v) is 13.2. The Hall–Kier alpha value is -0.360. The highest BCUT2D eigenvalue weighted by atomic mass is 31.1. The van der Waals surface area contributed by atoms with Crippen LogP contribution in [0.3, 0.4) is 0 Å². The first-order valence-corrected chi connectivity index (χ1v) is 9.79. The van der Waals surface area contributed by atoms with Gasteiger partial charge < -0.3 is 0 Å². The molecule has 2 fully saturated rings. The number of nitrogens with zero attached hydrogens (tertiary/aromatic N) is 1. The molecular formula is C16H28N2P+. The number of aromatic nitrogens is 2. The van der Waals surface area contributed by atoms with E-state index in [1.54, 1.807) is 25.7 Å². The van der Waals surface area contributed by atoms with Crippen LogP contribution in [0.15, 0.2) is 12.4 Å². The number of H-pyrrole nitrogens is 1. The SMILES string of the molecule is C[n+]1cc[nH]c1CCP(C1CCCC1)C1CCCC1. The molecule has 1 N–H and O–H groups in total. The topological polar surface area (TPSA) is 19.7 Å². The Morgan fingerprint density at radius 3 is 2.16 bits per heavy atom. The van der Waals surface area contributed by atoms with Crippen molar-refractivity contribution in [3.05, 3.63) is 18.2 Å². The first kappa shape index (κ1) is 13.6. The Balaban J connectivity index is 1.63. The maximum Gasteiger partial charge on any atom is 0.254 e. The average Bonchev–Trinajstić information content (AvgIpc) is 3.13. The van der Waals surface area contributed by atoms with Crippen LogP contribution in [0, 0.1) is 0 Å². The van der Waals surface area contributed by atoms with Crippen LogP contribution in [0.2, 0.25) is 0 Å². The molecule has 0 aromatic carbocycles. The lowest BCUT2D eigenvalue weighted by molar-refractivity contribution is -0.677. The minimum Gasteiger partial charge on any atom is -0.248 e. The van der Waals surface area contributed by atoms with Crippen molar-refractivity contribution in [3.63, 3.8) is 0 Å². The van der Waals surface area contributed by atoms with E-state index in [1.165, 1.54) is 44.1 Å². The van der Waals surface area contributed by atoms with Crippen molar-refractivity contribution in [2.24, 2.45) is 7.05 Å². The maximum atomic E-state index is 3.42. The van der Waals surface area contributed by atoms with Gasteiger partial charge in [-0.25, -0.2) is 9.55 Å². The summed E-state index contributed by atoms with van der Waals surface area (Å²) in [6.45, 7) is 0. The van der Waals surface area contributed by atoms with Crippen molar-refractivity contribution in [3.8, 4) is 0 Å². The molecule has 19 heavy (non-hydrogen) atoms. The van der Waals surface area contributed by atoms with E-state index in [1.807, 2.05) is 0 Å². The first-order chi connectivity index (χ1) is 9.34. The van der Waals surface area contributed by atoms with Crippen LogP contribution < -0.4 is 4.57 Å². The van der Waals surface area contributed by atoms with E-state index in [2.05, 4.69) is 29.0 Å². The molecule has 2 saturated carbocycles. The molecule has 3 rings (SSSR count). The molecule has 1 aromatic heterocycles. The number of aryl methyl sites for hydroxylation is 2. The molecule has 0 unspecified atom stereocenters. The fraction of sp³-hybridized carbons (Fsp3) is 0.812. The number of hydrogen-bond acceptors (Lipinski definition) is 0. The predicted molar refractivity (Wildman–Crippen MR) is 82.0 cm³/mol. The summed E-state index contributed by atoms with van der Waals surface area (Å²) < 4.78 is 2.26. The molecule has 1 heterocycles.